The van der Waals surface area contributed by atoms with Crippen LogP contribution in [0.25, 0.3) is 11.6 Å². The van der Waals surface area contributed by atoms with Crippen molar-refractivity contribution < 1.29 is 50.2 Å². The second-order valence-corrected chi connectivity index (χ2v) is 22.9. The second-order valence-electron chi connectivity index (χ2n) is 18.1. The fraction of sp³-hybridized carbons (Fsp3) is 0.477. The standard InChI is InChI=1S/C44H49Cl3O11S3/c1-21-16-43(4,5)18-29-25(21)14-27-31(32-33(42(50)51)34(45)36(47)39(35(32)46)59-20-24(49)13-11-9-8-10-12-23(3)48)28-15-26-22(2)17-44(6,7)19-30(26)41(61(55,56)57)38(28)58-37(27)40(29)60(52,53)54/h14-15,18,21-22H,8-13,16-17,19-20H2,1-7H3,(H,50,51)(H,52,53,54)(H,55,56,57)/p-1. The van der Waals surface area contributed by atoms with Gasteiger partial charge in [-0.25, -0.2) is 13.2 Å². The van der Waals surface area contributed by atoms with Crippen molar-refractivity contribution in [3.05, 3.63) is 71.0 Å². The van der Waals surface area contributed by atoms with Crippen LogP contribution in [0.15, 0.2) is 26.8 Å². The van der Waals surface area contributed by atoms with Gasteiger partial charge in [-0.2, -0.15) is 8.42 Å². The van der Waals surface area contributed by atoms with Gasteiger partial charge in [0.2, 0.25) is 0 Å². The molecular formula is C44H48Cl3O11S3-. The zero-order valence-corrected chi connectivity index (χ0v) is 39.6. The summed E-state index contributed by atoms with van der Waals surface area (Å²) in [4.78, 5) is 36.4. The molecule has 0 saturated heterocycles. The molecular weight excluding hydrogens is 907 g/mol. The quantitative estimate of drug-likeness (QED) is 0.0527. The van der Waals surface area contributed by atoms with Gasteiger partial charge in [0.15, 0.2) is 11.5 Å². The zero-order chi connectivity index (χ0) is 45.3. The van der Waals surface area contributed by atoms with Gasteiger partial charge in [-0.05, 0) is 95.7 Å². The number of benzene rings is 3. The summed E-state index contributed by atoms with van der Waals surface area (Å²) in [6, 6.07) is 3.24. The Bertz CT molecular complexity index is 2760. The van der Waals surface area contributed by atoms with Gasteiger partial charge in [-0.15, -0.1) is 11.8 Å². The third-order valence-electron chi connectivity index (χ3n) is 11.7. The molecule has 330 valence electrons. The van der Waals surface area contributed by atoms with E-state index in [0.29, 0.717) is 36.8 Å². The molecule has 0 bridgehead atoms. The number of hydrogen-bond acceptors (Lipinski definition) is 10. The van der Waals surface area contributed by atoms with Gasteiger partial charge < -0.3 is 19.2 Å². The van der Waals surface area contributed by atoms with E-state index in [-0.39, 0.29) is 89.6 Å². The average molecular weight is 955 g/mol. The SMILES string of the molecule is CC(=O)CCCCCCC(=O)CSc1c(Cl)c(Cl)c(C(=O)O)c(C2=c3cc4c(c(S(=O)(=O)[O-])c3Oc3c2cc2c(c3S(=O)(=O)O)CC(C)(C)CC2C)=CC(C)(C)CC4C)c1Cl. The minimum absolute atomic E-state index is 0.0337. The molecule has 1 aliphatic heterocycles. The van der Waals surface area contributed by atoms with E-state index in [1.807, 2.05) is 41.5 Å². The Morgan fingerprint density at radius 3 is 2.08 bits per heavy atom. The summed E-state index contributed by atoms with van der Waals surface area (Å²) < 4.78 is 85.4. The second kappa shape index (κ2) is 17.2. The fourth-order valence-electron chi connectivity index (χ4n) is 9.48. The van der Waals surface area contributed by atoms with E-state index in [2.05, 4.69) is 0 Å². The van der Waals surface area contributed by atoms with Crippen LogP contribution in [-0.2, 0) is 36.2 Å². The van der Waals surface area contributed by atoms with Crippen LogP contribution in [0.1, 0.15) is 150 Å². The molecule has 3 aromatic rings. The van der Waals surface area contributed by atoms with E-state index in [0.717, 1.165) is 31.0 Å². The first-order valence-electron chi connectivity index (χ1n) is 20.0. The molecule has 2 aliphatic carbocycles. The molecule has 61 heavy (non-hydrogen) atoms. The lowest BCUT2D eigenvalue weighted by molar-refractivity contribution is -0.118. The molecule has 0 radical (unpaired) electrons. The number of halogens is 3. The molecule has 2 N–H and O–H groups in total. The molecule has 0 fully saturated rings. The van der Waals surface area contributed by atoms with Crippen molar-refractivity contribution in [1.29, 1.82) is 0 Å². The van der Waals surface area contributed by atoms with Gasteiger partial charge in [-0.1, -0.05) is 95.3 Å². The Balaban J connectivity index is 1.73. The summed E-state index contributed by atoms with van der Waals surface area (Å²) in [7, 11) is -10.6. The monoisotopic (exact) mass is 953 g/mol. The summed E-state index contributed by atoms with van der Waals surface area (Å²) in [6.07, 6.45) is 6.47. The molecule has 0 amide bonds. The third-order valence-corrected chi connectivity index (χ3v) is 16.2. The van der Waals surface area contributed by atoms with Crippen molar-refractivity contribution in [1.82, 2.24) is 0 Å². The van der Waals surface area contributed by atoms with Crippen molar-refractivity contribution in [2.24, 2.45) is 10.8 Å². The molecule has 0 saturated carbocycles. The van der Waals surface area contributed by atoms with Crippen LogP contribution in [0.5, 0.6) is 11.5 Å². The van der Waals surface area contributed by atoms with Crippen molar-refractivity contribution in [2.75, 3.05) is 5.75 Å². The maximum Gasteiger partial charge on any atom is 0.337 e. The highest BCUT2D eigenvalue weighted by Crippen LogP contribution is 2.54. The van der Waals surface area contributed by atoms with Crippen LogP contribution in [0.3, 0.4) is 0 Å². The molecule has 3 aromatic carbocycles. The Kier molecular flexibility index (Phi) is 13.4. The van der Waals surface area contributed by atoms with Crippen molar-refractivity contribution in [3.8, 4) is 11.5 Å². The molecule has 2 unspecified atom stereocenters. The highest BCUT2D eigenvalue weighted by atomic mass is 35.5. The summed E-state index contributed by atoms with van der Waals surface area (Å²) in [5.41, 5.74) is -0.942. The number of carbonyl (C=O) groups excluding carboxylic acids is 2. The predicted molar refractivity (Wildman–Crippen MR) is 236 cm³/mol. The largest absolute Gasteiger partial charge is 0.744 e. The Labute approximate surface area is 375 Å². The highest BCUT2D eigenvalue weighted by Gasteiger charge is 2.42. The Hall–Kier alpha value is -2.95. The number of fused-ring (bicyclic) bond motifs is 4. The molecule has 0 aromatic heterocycles. The first-order chi connectivity index (χ1) is 28.1. The van der Waals surface area contributed by atoms with Gasteiger partial charge in [0.25, 0.3) is 10.1 Å². The van der Waals surface area contributed by atoms with Crippen LogP contribution < -0.4 is 15.2 Å². The van der Waals surface area contributed by atoms with E-state index < -0.39 is 68.9 Å². The first kappa shape index (κ1) is 47.5. The van der Waals surface area contributed by atoms with Crippen molar-refractivity contribution >= 4 is 96.0 Å². The van der Waals surface area contributed by atoms with Gasteiger partial charge >= 0.3 is 5.97 Å². The molecule has 11 nitrogen and oxygen atoms in total. The van der Waals surface area contributed by atoms with Crippen LogP contribution in [0.4, 0.5) is 0 Å². The Morgan fingerprint density at radius 1 is 0.869 bits per heavy atom. The average Bonchev–Trinajstić information content (AvgIpc) is 3.10. The van der Waals surface area contributed by atoms with Crippen LogP contribution in [0, 0.1) is 10.8 Å². The van der Waals surface area contributed by atoms with Crippen LogP contribution in [0.2, 0.25) is 15.1 Å². The lowest BCUT2D eigenvalue weighted by Gasteiger charge is -2.38. The van der Waals surface area contributed by atoms with Crippen LogP contribution >= 0.6 is 46.6 Å². The molecule has 3 aliphatic rings. The van der Waals surface area contributed by atoms with Gasteiger partial charge in [0.1, 0.15) is 31.5 Å². The summed E-state index contributed by atoms with van der Waals surface area (Å²) in [6.45, 7) is 12.9. The number of ketones is 2. The fourth-order valence-corrected chi connectivity index (χ4v) is 13.3. The van der Waals surface area contributed by atoms with E-state index in [1.54, 1.807) is 18.2 Å². The van der Waals surface area contributed by atoms with Crippen molar-refractivity contribution in [2.45, 2.75) is 133 Å². The number of carboxylic acids is 1. The van der Waals surface area contributed by atoms with E-state index >= 15 is 0 Å². The number of unbranched alkanes of at least 4 members (excludes halogenated alkanes) is 3. The molecule has 0 spiro atoms. The number of ether oxygens (including phenoxy) is 1. The maximum absolute atomic E-state index is 13.7. The number of hydrogen-bond donors (Lipinski definition) is 2. The molecule has 2 atom stereocenters. The molecule has 6 rings (SSSR count). The van der Waals surface area contributed by atoms with Gasteiger partial charge in [0, 0.05) is 39.7 Å². The number of thioether (sulfide) groups is 1. The van der Waals surface area contributed by atoms with E-state index in [9.17, 15) is 45.4 Å². The highest BCUT2D eigenvalue weighted by molar-refractivity contribution is 8.00. The molecule has 1 heterocycles. The van der Waals surface area contributed by atoms with Gasteiger partial charge in [-0.3, -0.25) is 9.35 Å². The summed E-state index contributed by atoms with van der Waals surface area (Å²) in [5, 5.41) is 9.84. The van der Waals surface area contributed by atoms with Crippen molar-refractivity contribution in [3.63, 3.8) is 0 Å². The predicted octanol–water partition coefficient (Wildman–Crippen LogP) is 9.83. The zero-order valence-electron chi connectivity index (χ0n) is 34.9. The number of aromatic carboxylic acids is 1. The Morgan fingerprint density at radius 2 is 1.49 bits per heavy atom. The number of rotatable bonds is 14. The minimum atomic E-state index is -5.44. The minimum Gasteiger partial charge on any atom is -0.744 e. The lowest BCUT2D eigenvalue weighted by Crippen LogP contribution is -2.35. The molecule has 17 heteroatoms. The van der Waals surface area contributed by atoms with E-state index in [4.69, 9.17) is 39.5 Å². The normalized spacial score (nSPS) is 18.9. The van der Waals surface area contributed by atoms with E-state index in [1.165, 1.54) is 6.92 Å². The third kappa shape index (κ3) is 9.48. The summed E-state index contributed by atoms with van der Waals surface area (Å²) >= 11 is 21.8. The summed E-state index contributed by atoms with van der Waals surface area (Å²) in [5.74, 6) is -3.51. The number of carbonyl (C=O) groups is 3. The number of carboxylic acid groups (broad SMARTS) is 1. The number of Topliss-reactive ketones (excluding diaryl/α,β-unsaturated/α-hetero) is 2. The lowest BCUT2D eigenvalue weighted by atomic mass is 9.69. The maximum atomic E-state index is 13.7. The topological polar surface area (TPSA) is 192 Å². The first-order valence-corrected chi connectivity index (χ1v) is 25.0. The van der Waals surface area contributed by atoms with Crippen LogP contribution in [-0.4, -0.2) is 54.3 Å². The smallest absolute Gasteiger partial charge is 0.337 e. The van der Waals surface area contributed by atoms with Gasteiger partial charge in [0.05, 0.1) is 26.4 Å².